The van der Waals surface area contributed by atoms with Crippen LogP contribution in [0.25, 0.3) is 0 Å². The lowest BCUT2D eigenvalue weighted by atomic mass is 10.2. The third-order valence-electron chi connectivity index (χ3n) is 1.25. The van der Waals surface area contributed by atoms with Crippen molar-refractivity contribution in [2.75, 3.05) is 7.11 Å². The summed E-state index contributed by atoms with van der Waals surface area (Å²) >= 11 is 5.62. The number of phenols is 1. The van der Waals surface area contributed by atoms with Gasteiger partial charge in [-0.25, -0.2) is 0 Å². The highest BCUT2D eigenvalue weighted by Gasteiger charge is 2.05. The van der Waals surface area contributed by atoms with Crippen molar-refractivity contribution in [2.45, 2.75) is 6.85 Å². The van der Waals surface area contributed by atoms with Crippen LogP contribution >= 0.6 is 11.6 Å². The number of phenolic OH excluding ortho intramolecular Hbond substituents is 1. The summed E-state index contributed by atoms with van der Waals surface area (Å²) in [6, 6.07) is 2.45. The van der Waals surface area contributed by atoms with Gasteiger partial charge in [0.2, 0.25) is 0 Å². The Bertz CT molecular complexity index is 349. The zero-order valence-electron chi connectivity index (χ0n) is 8.89. The minimum absolute atomic E-state index is 0.0320. The van der Waals surface area contributed by atoms with Gasteiger partial charge in [-0.05, 0) is 24.5 Å². The van der Waals surface area contributed by atoms with Crippen LogP contribution in [0, 0.1) is 6.85 Å². The number of aryl methyl sites for hydroxylation is 1. The van der Waals surface area contributed by atoms with E-state index in [1.165, 1.54) is 19.2 Å². The van der Waals surface area contributed by atoms with Gasteiger partial charge in [0, 0.05) is 4.11 Å². The maximum Gasteiger partial charge on any atom is 0.176 e. The van der Waals surface area contributed by atoms with E-state index in [1.807, 2.05) is 0 Å². The van der Waals surface area contributed by atoms with Gasteiger partial charge in [-0.3, -0.25) is 0 Å². The Kier molecular flexibility index (Phi) is 1.34. The zero-order valence-corrected chi connectivity index (χ0v) is 6.64. The van der Waals surface area contributed by atoms with Crippen molar-refractivity contribution in [3.63, 3.8) is 0 Å². The summed E-state index contributed by atoms with van der Waals surface area (Å²) in [6.07, 6.45) is 0. The molecule has 0 heterocycles. The average molecular weight is 176 g/mol. The smallest absolute Gasteiger partial charge is 0.176 e. The lowest BCUT2D eigenvalue weighted by Crippen LogP contribution is -1.85. The summed E-state index contributed by atoms with van der Waals surface area (Å²) in [5, 5.41) is 9.32. The normalized spacial score (nSPS) is 14.9. The molecule has 0 unspecified atom stereocenters. The molecule has 2 nitrogen and oxygen atoms in total. The first-order valence-corrected chi connectivity index (χ1v) is 3.31. The molecule has 60 valence electrons. The summed E-state index contributed by atoms with van der Waals surface area (Å²) in [7, 11) is 1.33. The van der Waals surface area contributed by atoms with Crippen LogP contribution < -0.4 is 4.74 Å². The van der Waals surface area contributed by atoms with E-state index in [2.05, 4.69) is 0 Å². The van der Waals surface area contributed by atoms with Gasteiger partial charge in [0.1, 0.15) is 0 Å². The van der Waals surface area contributed by atoms with Gasteiger partial charge in [-0.1, -0.05) is 11.6 Å². The van der Waals surface area contributed by atoms with Gasteiger partial charge in [-0.2, -0.15) is 0 Å². The topological polar surface area (TPSA) is 29.5 Å². The van der Waals surface area contributed by atoms with Crippen LogP contribution in [0.1, 0.15) is 9.68 Å². The number of ether oxygens (including phenoxy) is 1. The minimum atomic E-state index is -2.26. The molecule has 3 heteroatoms. The molecule has 0 saturated carbocycles. The van der Waals surface area contributed by atoms with E-state index in [0.717, 1.165) is 0 Å². The van der Waals surface area contributed by atoms with E-state index in [1.54, 1.807) is 0 Å². The van der Waals surface area contributed by atoms with Crippen LogP contribution in [0.15, 0.2) is 12.1 Å². The van der Waals surface area contributed by atoms with Crippen LogP contribution in [-0.2, 0) is 0 Å². The molecule has 1 rings (SSSR count). The number of hydrogen-bond acceptors (Lipinski definition) is 2. The third-order valence-corrected chi connectivity index (χ3v) is 1.54. The van der Waals surface area contributed by atoms with Crippen molar-refractivity contribution in [2.24, 2.45) is 0 Å². The molecule has 1 aromatic carbocycles. The van der Waals surface area contributed by atoms with E-state index in [9.17, 15) is 5.11 Å². The van der Waals surface area contributed by atoms with E-state index >= 15 is 0 Å². The highest BCUT2D eigenvalue weighted by atomic mass is 35.5. The van der Waals surface area contributed by atoms with Crippen LogP contribution in [0.5, 0.6) is 11.5 Å². The van der Waals surface area contributed by atoms with E-state index in [4.69, 9.17) is 20.5 Å². The molecule has 0 saturated heterocycles. The quantitative estimate of drug-likeness (QED) is 0.710. The van der Waals surface area contributed by atoms with Crippen molar-refractivity contribution < 1.29 is 14.0 Å². The summed E-state index contributed by atoms with van der Waals surface area (Å²) in [6.45, 7) is -2.26. The van der Waals surface area contributed by atoms with Crippen molar-refractivity contribution in [1.82, 2.24) is 0 Å². The fourth-order valence-electron chi connectivity index (χ4n) is 0.729. The Balaban J connectivity index is 3.30. The number of rotatable bonds is 1. The SMILES string of the molecule is [2H]C([2H])([2H])c1cc(Cl)c(O)c(OC)c1. The lowest BCUT2D eigenvalue weighted by Gasteiger charge is -2.05. The summed E-state index contributed by atoms with van der Waals surface area (Å²) in [5.41, 5.74) is 0.0390. The highest BCUT2D eigenvalue weighted by molar-refractivity contribution is 6.32. The maximum atomic E-state index is 9.35. The van der Waals surface area contributed by atoms with E-state index in [0.29, 0.717) is 0 Å². The third kappa shape index (κ3) is 1.57. The van der Waals surface area contributed by atoms with E-state index in [-0.39, 0.29) is 22.1 Å². The lowest BCUT2D eigenvalue weighted by molar-refractivity contribution is 0.373. The Morgan fingerprint density at radius 2 is 2.36 bits per heavy atom. The van der Waals surface area contributed by atoms with Gasteiger partial charge in [0.25, 0.3) is 0 Å². The number of methoxy groups -OCH3 is 1. The van der Waals surface area contributed by atoms with Crippen molar-refractivity contribution >= 4 is 11.6 Å². The van der Waals surface area contributed by atoms with Gasteiger partial charge in [0.05, 0.1) is 12.1 Å². The second-order valence-electron chi connectivity index (χ2n) is 2.01. The second-order valence-corrected chi connectivity index (χ2v) is 2.42. The Labute approximate surface area is 74.6 Å². The van der Waals surface area contributed by atoms with Gasteiger partial charge < -0.3 is 9.84 Å². The summed E-state index contributed by atoms with van der Waals surface area (Å²) in [4.78, 5) is 0. The molecule has 0 spiro atoms. The summed E-state index contributed by atoms with van der Waals surface area (Å²) < 4.78 is 26.2. The minimum Gasteiger partial charge on any atom is -0.503 e. The van der Waals surface area contributed by atoms with Crippen molar-refractivity contribution in [3.8, 4) is 11.5 Å². The predicted molar refractivity (Wildman–Crippen MR) is 44.4 cm³/mol. The number of halogens is 1. The Morgan fingerprint density at radius 1 is 1.64 bits per heavy atom. The molecule has 0 aromatic heterocycles. The Hall–Kier alpha value is -0.890. The summed E-state index contributed by atoms with van der Waals surface area (Å²) in [5.74, 6) is -0.189. The second kappa shape index (κ2) is 3.01. The first-order chi connectivity index (χ1) is 6.36. The molecule has 0 bridgehead atoms. The van der Waals surface area contributed by atoms with Crippen molar-refractivity contribution in [3.05, 3.63) is 22.7 Å². The number of benzene rings is 1. The van der Waals surface area contributed by atoms with Crippen LogP contribution in [0.2, 0.25) is 5.02 Å². The Morgan fingerprint density at radius 3 is 2.91 bits per heavy atom. The average Bonchev–Trinajstić information content (AvgIpc) is 2.07. The predicted octanol–water partition coefficient (Wildman–Crippen LogP) is 2.36. The zero-order chi connectivity index (χ0) is 10.9. The molecule has 0 fully saturated rings. The first kappa shape index (κ1) is 4.88. The molecule has 1 N–H and O–H groups in total. The van der Waals surface area contributed by atoms with Gasteiger partial charge in [0.15, 0.2) is 11.5 Å². The molecule has 1 aromatic rings. The van der Waals surface area contributed by atoms with Crippen LogP contribution in [-0.4, -0.2) is 12.2 Å². The molecule has 0 aliphatic heterocycles. The first-order valence-electron chi connectivity index (χ1n) is 4.43. The highest BCUT2D eigenvalue weighted by Crippen LogP contribution is 2.34. The van der Waals surface area contributed by atoms with Crippen LogP contribution in [0.3, 0.4) is 0 Å². The standard InChI is InChI=1S/C8H9ClO2/c1-5-3-6(9)8(10)7(4-5)11-2/h3-4,10H,1-2H3/i1D3. The molecular formula is C8H9ClO2. The van der Waals surface area contributed by atoms with E-state index < -0.39 is 6.85 Å². The monoisotopic (exact) mass is 175 g/mol. The van der Waals surface area contributed by atoms with Gasteiger partial charge >= 0.3 is 0 Å². The molecule has 0 atom stereocenters. The fraction of sp³-hybridized carbons (Fsp3) is 0.250. The molecule has 0 amide bonds. The molecule has 0 aliphatic rings. The molecular weight excluding hydrogens is 164 g/mol. The molecule has 0 radical (unpaired) electrons. The number of aromatic hydroxyl groups is 1. The largest absolute Gasteiger partial charge is 0.503 e. The fourth-order valence-corrected chi connectivity index (χ4v) is 0.940. The van der Waals surface area contributed by atoms with Gasteiger partial charge in [-0.15, -0.1) is 0 Å². The van der Waals surface area contributed by atoms with Crippen molar-refractivity contribution in [1.29, 1.82) is 0 Å². The number of hydrogen-bond donors (Lipinski definition) is 1. The molecule has 0 aliphatic carbocycles. The maximum absolute atomic E-state index is 9.35. The molecule has 11 heavy (non-hydrogen) atoms. The van der Waals surface area contributed by atoms with Crippen LogP contribution in [0.4, 0.5) is 0 Å².